The number of alkyl halides is 3. The standard InChI is InChI=1S/C14H17ClF3NO2/c1-9-6-11(2-3-12(9)15)21-8-10(20)7-19-13(4-5-13)14(16,17)18/h2-3,6,10,19-20H,4-5,7-8H2,1H3. The summed E-state index contributed by atoms with van der Waals surface area (Å²) in [6.07, 6.45) is -5.18. The first-order valence-corrected chi connectivity index (χ1v) is 7.00. The van der Waals surface area contributed by atoms with E-state index in [0.29, 0.717) is 10.8 Å². The number of β-amino-alcohol motifs (C(OH)–C–C–N with tert-alkyl or cyclic N) is 1. The van der Waals surface area contributed by atoms with Gasteiger partial charge >= 0.3 is 6.18 Å². The number of aliphatic hydroxyl groups excluding tert-OH is 1. The van der Waals surface area contributed by atoms with Crippen molar-refractivity contribution in [2.75, 3.05) is 13.2 Å². The molecule has 0 bridgehead atoms. The number of nitrogens with one attached hydrogen (secondary N) is 1. The monoisotopic (exact) mass is 323 g/mol. The van der Waals surface area contributed by atoms with Crippen molar-refractivity contribution >= 4 is 11.6 Å². The molecule has 3 nitrogen and oxygen atoms in total. The molecule has 0 spiro atoms. The minimum atomic E-state index is -4.28. The number of aryl methyl sites for hydroxylation is 1. The molecule has 1 atom stereocenters. The lowest BCUT2D eigenvalue weighted by Gasteiger charge is -2.22. The summed E-state index contributed by atoms with van der Waals surface area (Å²) in [7, 11) is 0. The fourth-order valence-corrected chi connectivity index (χ4v) is 2.07. The Balaban J connectivity index is 1.78. The molecule has 0 amide bonds. The van der Waals surface area contributed by atoms with Crippen LogP contribution in [0.4, 0.5) is 13.2 Å². The van der Waals surface area contributed by atoms with Crippen LogP contribution in [0.3, 0.4) is 0 Å². The van der Waals surface area contributed by atoms with Gasteiger partial charge in [0.1, 0.15) is 24.0 Å². The summed E-state index contributed by atoms with van der Waals surface area (Å²) in [5, 5.41) is 12.7. The molecule has 2 N–H and O–H groups in total. The summed E-state index contributed by atoms with van der Waals surface area (Å²) in [6.45, 7) is 1.57. The van der Waals surface area contributed by atoms with Crippen molar-refractivity contribution in [2.24, 2.45) is 0 Å². The van der Waals surface area contributed by atoms with E-state index in [1.807, 2.05) is 6.92 Å². The summed E-state index contributed by atoms with van der Waals surface area (Å²) >= 11 is 5.87. The maximum Gasteiger partial charge on any atom is 0.406 e. The van der Waals surface area contributed by atoms with Gasteiger partial charge in [0.05, 0.1) is 0 Å². The Hall–Kier alpha value is -0.980. The lowest BCUT2D eigenvalue weighted by molar-refractivity contribution is -0.166. The molecule has 0 radical (unpaired) electrons. The van der Waals surface area contributed by atoms with Crippen LogP contribution >= 0.6 is 11.6 Å². The van der Waals surface area contributed by atoms with Gasteiger partial charge in [-0.3, -0.25) is 0 Å². The van der Waals surface area contributed by atoms with Gasteiger partial charge in [0.25, 0.3) is 0 Å². The molecular weight excluding hydrogens is 307 g/mol. The van der Waals surface area contributed by atoms with Gasteiger partial charge in [-0.1, -0.05) is 11.6 Å². The van der Waals surface area contributed by atoms with Gasteiger partial charge in [-0.05, 0) is 43.5 Å². The van der Waals surface area contributed by atoms with Crippen molar-refractivity contribution in [1.29, 1.82) is 0 Å². The number of hydrogen-bond donors (Lipinski definition) is 2. The Morgan fingerprint density at radius 2 is 2.10 bits per heavy atom. The van der Waals surface area contributed by atoms with Crippen LogP contribution in [0.1, 0.15) is 18.4 Å². The van der Waals surface area contributed by atoms with Gasteiger partial charge in [-0.25, -0.2) is 0 Å². The Bertz CT molecular complexity index is 503. The normalized spacial score (nSPS) is 18.4. The highest BCUT2D eigenvalue weighted by Gasteiger charge is 2.63. The summed E-state index contributed by atoms with van der Waals surface area (Å²) in [5.41, 5.74) is -0.985. The van der Waals surface area contributed by atoms with Crippen LogP contribution in [0.15, 0.2) is 18.2 Å². The predicted octanol–water partition coefficient (Wildman–Crippen LogP) is 3.07. The molecule has 1 aliphatic rings. The Morgan fingerprint density at radius 1 is 1.43 bits per heavy atom. The second-order valence-corrected chi connectivity index (χ2v) is 5.74. The van der Waals surface area contributed by atoms with Crippen LogP contribution in [0.2, 0.25) is 5.02 Å². The Morgan fingerprint density at radius 3 is 2.62 bits per heavy atom. The van der Waals surface area contributed by atoms with E-state index in [9.17, 15) is 18.3 Å². The first kappa shape index (κ1) is 16.4. The summed E-state index contributed by atoms with van der Waals surface area (Å²) in [4.78, 5) is 0. The van der Waals surface area contributed by atoms with Crippen LogP contribution in [0, 0.1) is 6.92 Å². The molecule has 0 aliphatic heterocycles. The quantitative estimate of drug-likeness (QED) is 0.845. The molecule has 1 fully saturated rings. The second kappa shape index (κ2) is 6.02. The fourth-order valence-electron chi connectivity index (χ4n) is 1.96. The van der Waals surface area contributed by atoms with Gasteiger partial charge in [0.2, 0.25) is 0 Å². The van der Waals surface area contributed by atoms with Crippen molar-refractivity contribution in [3.8, 4) is 5.75 Å². The zero-order chi connectivity index (χ0) is 15.7. The number of ether oxygens (including phenoxy) is 1. The predicted molar refractivity (Wildman–Crippen MR) is 73.7 cm³/mol. The lowest BCUT2D eigenvalue weighted by atomic mass is 10.2. The summed E-state index contributed by atoms with van der Waals surface area (Å²) in [6, 6.07) is 5.02. The first-order valence-electron chi connectivity index (χ1n) is 6.62. The lowest BCUT2D eigenvalue weighted by Crippen LogP contribution is -2.48. The fraction of sp³-hybridized carbons (Fsp3) is 0.571. The van der Waals surface area contributed by atoms with E-state index in [1.54, 1.807) is 18.2 Å². The highest BCUT2D eigenvalue weighted by atomic mass is 35.5. The molecule has 1 aromatic carbocycles. The van der Waals surface area contributed by atoms with Crippen LogP contribution in [0.5, 0.6) is 5.75 Å². The minimum absolute atomic E-state index is 0.0560. The zero-order valence-electron chi connectivity index (χ0n) is 11.5. The summed E-state index contributed by atoms with van der Waals surface area (Å²) in [5.74, 6) is 0.521. The number of hydrogen-bond acceptors (Lipinski definition) is 3. The molecular formula is C14H17ClF3NO2. The van der Waals surface area contributed by atoms with Crippen LogP contribution in [-0.4, -0.2) is 36.1 Å². The van der Waals surface area contributed by atoms with Gasteiger partial charge < -0.3 is 15.2 Å². The van der Waals surface area contributed by atoms with Crippen molar-refractivity contribution in [1.82, 2.24) is 5.32 Å². The first-order chi connectivity index (χ1) is 9.73. The van der Waals surface area contributed by atoms with Gasteiger partial charge in [0.15, 0.2) is 0 Å². The molecule has 118 valence electrons. The number of rotatable bonds is 6. The second-order valence-electron chi connectivity index (χ2n) is 5.34. The SMILES string of the molecule is Cc1cc(OCC(O)CNC2(C(F)(F)F)CC2)ccc1Cl. The average Bonchev–Trinajstić information content (AvgIpc) is 3.18. The van der Waals surface area contributed by atoms with Crippen molar-refractivity contribution in [3.63, 3.8) is 0 Å². The molecule has 1 aromatic rings. The molecule has 1 unspecified atom stereocenters. The van der Waals surface area contributed by atoms with E-state index in [-0.39, 0.29) is 26.0 Å². The Kier molecular flexibility index (Phi) is 4.70. The van der Waals surface area contributed by atoms with Crippen LogP contribution in [-0.2, 0) is 0 Å². The third-order valence-corrected chi connectivity index (χ3v) is 3.96. The van der Waals surface area contributed by atoms with Gasteiger partial charge in [0, 0.05) is 11.6 Å². The highest BCUT2D eigenvalue weighted by molar-refractivity contribution is 6.31. The zero-order valence-corrected chi connectivity index (χ0v) is 12.3. The van der Waals surface area contributed by atoms with E-state index in [2.05, 4.69) is 5.32 Å². The minimum Gasteiger partial charge on any atom is -0.491 e. The molecule has 1 aliphatic carbocycles. The maximum absolute atomic E-state index is 12.7. The van der Waals surface area contributed by atoms with E-state index in [1.165, 1.54) is 0 Å². The largest absolute Gasteiger partial charge is 0.491 e. The number of benzene rings is 1. The summed E-state index contributed by atoms with van der Waals surface area (Å²) < 4.78 is 43.4. The van der Waals surface area contributed by atoms with Crippen molar-refractivity contribution < 1.29 is 23.0 Å². The molecule has 0 aromatic heterocycles. The molecule has 0 heterocycles. The molecule has 1 saturated carbocycles. The molecule has 2 rings (SSSR count). The third-order valence-electron chi connectivity index (χ3n) is 3.54. The number of halogens is 4. The van der Waals surface area contributed by atoms with Gasteiger partial charge in [-0.2, -0.15) is 13.2 Å². The number of aliphatic hydroxyl groups is 1. The van der Waals surface area contributed by atoms with E-state index in [4.69, 9.17) is 16.3 Å². The van der Waals surface area contributed by atoms with E-state index < -0.39 is 17.8 Å². The Labute approximate surface area is 126 Å². The molecule has 0 saturated heterocycles. The van der Waals surface area contributed by atoms with E-state index >= 15 is 0 Å². The van der Waals surface area contributed by atoms with Crippen LogP contribution in [0.25, 0.3) is 0 Å². The molecule has 7 heteroatoms. The average molecular weight is 324 g/mol. The van der Waals surface area contributed by atoms with Crippen molar-refractivity contribution in [3.05, 3.63) is 28.8 Å². The molecule has 21 heavy (non-hydrogen) atoms. The van der Waals surface area contributed by atoms with Crippen LogP contribution < -0.4 is 10.1 Å². The van der Waals surface area contributed by atoms with Crippen molar-refractivity contribution in [2.45, 2.75) is 37.6 Å². The maximum atomic E-state index is 12.7. The third kappa shape index (κ3) is 4.02. The smallest absolute Gasteiger partial charge is 0.406 e. The van der Waals surface area contributed by atoms with E-state index in [0.717, 1.165) is 5.56 Å². The van der Waals surface area contributed by atoms with Gasteiger partial charge in [-0.15, -0.1) is 0 Å². The highest BCUT2D eigenvalue weighted by Crippen LogP contribution is 2.48. The topological polar surface area (TPSA) is 41.5 Å².